The second-order valence-corrected chi connectivity index (χ2v) is 8.41. The lowest BCUT2D eigenvalue weighted by Crippen LogP contribution is -2.31. The first-order valence-corrected chi connectivity index (χ1v) is 10.6. The van der Waals surface area contributed by atoms with E-state index in [1.807, 2.05) is 49.4 Å². The first kappa shape index (κ1) is 21.0. The molecule has 0 saturated heterocycles. The standard InChI is InChI=1S/C23H20BrN3O4/c1-13-3-2-4-15-11-17(23(31)25-22(13)15)19-12-18(14-5-7-16(24)8-6-14)26-27(19)20(28)9-10-21(29)30/h2-8,11,19H,9-10,12H2,1H3,(H,25,31)(H,29,30)/t19-/m0/s1. The molecular weight excluding hydrogens is 462 g/mol. The minimum atomic E-state index is -1.06. The third-order valence-electron chi connectivity index (χ3n) is 5.37. The van der Waals surface area contributed by atoms with Crippen LogP contribution in [0, 0.1) is 6.92 Å². The highest BCUT2D eigenvalue weighted by molar-refractivity contribution is 9.10. The van der Waals surface area contributed by atoms with E-state index in [1.165, 1.54) is 5.01 Å². The average molecular weight is 482 g/mol. The fraction of sp³-hybridized carbons (Fsp3) is 0.217. The molecule has 158 valence electrons. The number of hydrogen-bond donors (Lipinski definition) is 2. The molecule has 1 aliphatic heterocycles. The largest absolute Gasteiger partial charge is 0.481 e. The van der Waals surface area contributed by atoms with Gasteiger partial charge in [0, 0.05) is 22.9 Å². The highest BCUT2D eigenvalue weighted by Gasteiger charge is 2.34. The van der Waals surface area contributed by atoms with Crippen molar-refractivity contribution < 1.29 is 14.7 Å². The number of halogens is 1. The SMILES string of the molecule is Cc1cccc2cc([C@@H]3CC(c4ccc(Br)cc4)=NN3C(=O)CCC(=O)O)c(=O)[nH]c12. The number of carboxylic acid groups (broad SMARTS) is 1. The number of pyridine rings is 1. The molecule has 0 bridgehead atoms. The molecule has 0 aliphatic carbocycles. The Morgan fingerprint density at radius 2 is 1.94 bits per heavy atom. The molecular formula is C23H20BrN3O4. The summed E-state index contributed by atoms with van der Waals surface area (Å²) in [6.45, 7) is 1.92. The summed E-state index contributed by atoms with van der Waals surface area (Å²) in [5.41, 5.74) is 3.37. The summed E-state index contributed by atoms with van der Waals surface area (Å²) in [7, 11) is 0. The van der Waals surface area contributed by atoms with Crippen LogP contribution in [-0.4, -0.2) is 32.7 Å². The van der Waals surface area contributed by atoms with Crippen molar-refractivity contribution in [1.82, 2.24) is 9.99 Å². The van der Waals surface area contributed by atoms with Crippen LogP contribution in [0.2, 0.25) is 0 Å². The fourth-order valence-electron chi connectivity index (χ4n) is 3.78. The first-order valence-electron chi connectivity index (χ1n) is 9.83. The van der Waals surface area contributed by atoms with Gasteiger partial charge in [0.25, 0.3) is 5.56 Å². The van der Waals surface area contributed by atoms with Gasteiger partial charge in [-0.1, -0.05) is 46.3 Å². The van der Waals surface area contributed by atoms with Crippen molar-refractivity contribution in [3.63, 3.8) is 0 Å². The van der Waals surface area contributed by atoms with Gasteiger partial charge in [0.15, 0.2) is 0 Å². The summed E-state index contributed by atoms with van der Waals surface area (Å²) >= 11 is 3.40. The predicted molar refractivity (Wildman–Crippen MR) is 121 cm³/mol. The summed E-state index contributed by atoms with van der Waals surface area (Å²) in [5.74, 6) is -1.48. The Morgan fingerprint density at radius 3 is 2.65 bits per heavy atom. The van der Waals surface area contributed by atoms with E-state index in [4.69, 9.17) is 5.11 Å². The van der Waals surface area contributed by atoms with Crippen LogP contribution in [-0.2, 0) is 9.59 Å². The van der Waals surface area contributed by atoms with Crippen LogP contribution in [0.1, 0.15) is 42.0 Å². The zero-order valence-corrected chi connectivity index (χ0v) is 18.3. The van der Waals surface area contributed by atoms with Gasteiger partial charge in [-0.05, 0) is 41.6 Å². The lowest BCUT2D eigenvalue weighted by molar-refractivity contribution is -0.141. The molecule has 4 rings (SSSR count). The van der Waals surface area contributed by atoms with Crippen LogP contribution in [0.4, 0.5) is 0 Å². The number of carbonyl (C=O) groups is 2. The fourth-order valence-corrected chi connectivity index (χ4v) is 4.04. The molecule has 2 heterocycles. The number of aryl methyl sites for hydroxylation is 1. The number of carboxylic acids is 1. The van der Waals surface area contributed by atoms with Gasteiger partial charge in [-0.15, -0.1) is 0 Å². The minimum absolute atomic E-state index is 0.187. The molecule has 1 amide bonds. The molecule has 0 spiro atoms. The number of aromatic amines is 1. The van der Waals surface area contributed by atoms with E-state index in [1.54, 1.807) is 6.07 Å². The van der Waals surface area contributed by atoms with Gasteiger partial charge >= 0.3 is 5.97 Å². The molecule has 8 heteroatoms. The average Bonchev–Trinajstić information content (AvgIpc) is 3.18. The first-order chi connectivity index (χ1) is 14.8. The second kappa shape index (κ2) is 8.47. The molecule has 0 fully saturated rings. The van der Waals surface area contributed by atoms with E-state index in [9.17, 15) is 14.4 Å². The zero-order valence-electron chi connectivity index (χ0n) is 16.8. The van der Waals surface area contributed by atoms with Crippen molar-refractivity contribution in [2.75, 3.05) is 0 Å². The molecule has 31 heavy (non-hydrogen) atoms. The van der Waals surface area contributed by atoms with Crippen LogP contribution in [0.25, 0.3) is 10.9 Å². The number of nitrogens with one attached hydrogen (secondary N) is 1. The van der Waals surface area contributed by atoms with Crippen LogP contribution < -0.4 is 5.56 Å². The van der Waals surface area contributed by atoms with E-state index in [0.717, 1.165) is 26.5 Å². The molecule has 0 saturated carbocycles. The maximum Gasteiger partial charge on any atom is 0.303 e. The number of rotatable bonds is 5. The number of para-hydroxylation sites is 1. The Kier molecular flexibility index (Phi) is 5.73. The number of aliphatic carboxylic acids is 1. The molecule has 2 N–H and O–H groups in total. The van der Waals surface area contributed by atoms with Crippen molar-refractivity contribution in [2.24, 2.45) is 5.10 Å². The van der Waals surface area contributed by atoms with Gasteiger partial charge in [0.05, 0.1) is 23.7 Å². The van der Waals surface area contributed by atoms with Crippen molar-refractivity contribution >= 4 is 44.4 Å². The molecule has 0 unspecified atom stereocenters. The van der Waals surface area contributed by atoms with Crippen LogP contribution >= 0.6 is 15.9 Å². The smallest absolute Gasteiger partial charge is 0.303 e. The summed E-state index contributed by atoms with van der Waals surface area (Å²) in [6.07, 6.45) is -0.118. The van der Waals surface area contributed by atoms with E-state index in [2.05, 4.69) is 26.0 Å². The molecule has 7 nitrogen and oxygen atoms in total. The lowest BCUT2D eigenvalue weighted by Gasteiger charge is -2.21. The molecule has 1 atom stereocenters. The number of hydrogen-bond acceptors (Lipinski definition) is 4. The summed E-state index contributed by atoms with van der Waals surface area (Å²) in [5, 5.41) is 15.6. The Hall–Kier alpha value is -3.26. The van der Waals surface area contributed by atoms with E-state index < -0.39 is 17.9 Å². The summed E-state index contributed by atoms with van der Waals surface area (Å²) < 4.78 is 0.919. The van der Waals surface area contributed by atoms with Gasteiger partial charge < -0.3 is 10.1 Å². The Balaban J connectivity index is 1.76. The number of nitrogens with zero attached hydrogens (tertiary/aromatic N) is 2. The van der Waals surface area contributed by atoms with Crippen molar-refractivity contribution in [3.8, 4) is 0 Å². The van der Waals surface area contributed by atoms with Gasteiger partial charge in [0.2, 0.25) is 5.91 Å². The molecule has 1 aromatic heterocycles. The third-order valence-corrected chi connectivity index (χ3v) is 5.90. The maximum atomic E-state index is 12.9. The summed E-state index contributed by atoms with van der Waals surface area (Å²) in [6, 6.07) is 14.5. The molecule has 0 radical (unpaired) electrons. The predicted octanol–water partition coefficient (Wildman–Crippen LogP) is 4.14. The van der Waals surface area contributed by atoms with E-state index in [0.29, 0.717) is 17.7 Å². The van der Waals surface area contributed by atoms with Crippen molar-refractivity contribution in [2.45, 2.75) is 32.2 Å². The third kappa shape index (κ3) is 4.29. The quantitative estimate of drug-likeness (QED) is 0.571. The lowest BCUT2D eigenvalue weighted by atomic mass is 9.97. The number of hydrazone groups is 1. The molecule has 2 aromatic carbocycles. The Bertz CT molecular complexity index is 1260. The van der Waals surface area contributed by atoms with Crippen molar-refractivity contribution in [3.05, 3.63) is 80.0 Å². The van der Waals surface area contributed by atoms with Crippen LogP contribution in [0.3, 0.4) is 0 Å². The number of H-pyrrole nitrogens is 1. The minimum Gasteiger partial charge on any atom is -0.481 e. The normalized spacial score (nSPS) is 15.9. The van der Waals surface area contributed by atoms with Gasteiger partial charge in [0.1, 0.15) is 0 Å². The monoisotopic (exact) mass is 481 g/mol. The van der Waals surface area contributed by atoms with Crippen LogP contribution in [0.5, 0.6) is 0 Å². The highest BCUT2D eigenvalue weighted by Crippen LogP contribution is 2.33. The van der Waals surface area contributed by atoms with Crippen LogP contribution in [0.15, 0.2) is 62.9 Å². The highest BCUT2D eigenvalue weighted by atomic mass is 79.9. The number of benzene rings is 2. The molecule has 1 aliphatic rings. The van der Waals surface area contributed by atoms with Gasteiger partial charge in [-0.3, -0.25) is 14.4 Å². The van der Waals surface area contributed by atoms with Gasteiger partial charge in [-0.25, -0.2) is 5.01 Å². The van der Waals surface area contributed by atoms with E-state index >= 15 is 0 Å². The van der Waals surface area contributed by atoms with Crippen molar-refractivity contribution in [1.29, 1.82) is 0 Å². The molecule has 3 aromatic rings. The second-order valence-electron chi connectivity index (χ2n) is 7.50. The summed E-state index contributed by atoms with van der Waals surface area (Å²) in [4.78, 5) is 39.7. The number of aromatic nitrogens is 1. The maximum absolute atomic E-state index is 12.9. The van der Waals surface area contributed by atoms with E-state index in [-0.39, 0.29) is 18.4 Å². The number of carbonyl (C=O) groups excluding carboxylic acids is 1. The topological polar surface area (TPSA) is 103 Å². The Morgan fingerprint density at radius 1 is 1.19 bits per heavy atom. The number of amides is 1. The van der Waals surface area contributed by atoms with Gasteiger partial charge in [-0.2, -0.15) is 5.10 Å². The Labute approximate surface area is 186 Å². The zero-order chi connectivity index (χ0) is 22.1. The number of fused-ring (bicyclic) bond motifs is 1.